The van der Waals surface area contributed by atoms with Crippen molar-refractivity contribution in [1.29, 1.82) is 0 Å². The molecule has 0 aromatic rings. The highest BCUT2D eigenvalue weighted by molar-refractivity contribution is 5.69. The lowest BCUT2D eigenvalue weighted by molar-refractivity contribution is -0.144. The molecule has 0 atom stereocenters. The molecule has 5 nitrogen and oxygen atoms in total. The van der Waals surface area contributed by atoms with Gasteiger partial charge in [0, 0.05) is 13.0 Å². The summed E-state index contributed by atoms with van der Waals surface area (Å²) in [4.78, 5) is 24.6. The van der Waals surface area contributed by atoms with E-state index in [0.717, 1.165) is 44.7 Å². The second-order valence-electron chi connectivity index (χ2n) is 7.61. The molecule has 0 aliphatic heterocycles. The second kappa shape index (κ2) is 17.3. The fourth-order valence-electron chi connectivity index (χ4n) is 2.96. The number of carboxylic acid groups (broad SMARTS) is 1. The summed E-state index contributed by atoms with van der Waals surface area (Å²) in [5.74, 6) is -0.0626. The van der Waals surface area contributed by atoms with Crippen molar-refractivity contribution in [2.24, 2.45) is 5.92 Å². The van der Waals surface area contributed by atoms with Crippen molar-refractivity contribution in [3.8, 4) is 0 Å². The quantitative estimate of drug-likeness (QED) is 0.275. The van der Waals surface area contributed by atoms with E-state index in [4.69, 9.17) is 9.84 Å². The molecule has 0 aromatic carbocycles. The van der Waals surface area contributed by atoms with Gasteiger partial charge in [0.25, 0.3) is 0 Å². The summed E-state index contributed by atoms with van der Waals surface area (Å²) in [5.41, 5.74) is 0. The summed E-state index contributed by atoms with van der Waals surface area (Å²) in [5, 5.41) is 8.67. The van der Waals surface area contributed by atoms with E-state index in [1.807, 2.05) is 0 Å². The standard InChI is InChI=1S/C21H41NO4/c1-4-15-22(16-10-9-13-20(23)24)17-14-21(25)26-18-11-7-5-6-8-12-19(2)3/h19H,4-18H2,1-3H3,(H,23,24). The molecule has 0 spiro atoms. The Morgan fingerprint density at radius 1 is 0.885 bits per heavy atom. The van der Waals surface area contributed by atoms with Crippen molar-refractivity contribution in [3.05, 3.63) is 0 Å². The molecule has 5 heteroatoms. The van der Waals surface area contributed by atoms with Crippen LogP contribution in [0.3, 0.4) is 0 Å². The van der Waals surface area contributed by atoms with Gasteiger partial charge in [-0.1, -0.05) is 52.9 Å². The lowest BCUT2D eigenvalue weighted by atomic mass is 10.0. The third kappa shape index (κ3) is 17.7. The number of nitrogens with zero attached hydrogens (tertiary/aromatic N) is 1. The van der Waals surface area contributed by atoms with Crippen molar-refractivity contribution in [2.45, 2.75) is 91.4 Å². The second-order valence-corrected chi connectivity index (χ2v) is 7.61. The van der Waals surface area contributed by atoms with E-state index < -0.39 is 5.97 Å². The van der Waals surface area contributed by atoms with Crippen molar-refractivity contribution in [1.82, 2.24) is 4.90 Å². The fraction of sp³-hybridized carbons (Fsp3) is 0.905. The van der Waals surface area contributed by atoms with Gasteiger partial charge in [-0.3, -0.25) is 9.59 Å². The predicted octanol–water partition coefficient (Wildman–Crippen LogP) is 4.88. The molecule has 0 rings (SSSR count). The van der Waals surface area contributed by atoms with Gasteiger partial charge in [-0.15, -0.1) is 0 Å². The maximum Gasteiger partial charge on any atom is 0.307 e. The molecule has 0 radical (unpaired) electrons. The third-order valence-electron chi connectivity index (χ3n) is 4.48. The largest absolute Gasteiger partial charge is 0.481 e. The van der Waals surface area contributed by atoms with Crippen molar-refractivity contribution in [2.75, 3.05) is 26.2 Å². The molecule has 0 amide bonds. The van der Waals surface area contributed by atoms with Crippen LogP contribution in [0.5, 0.6) is 0 Å². The molecule has 0 aliphatic carbocycles. The number of hydrogen-bond acceptors (Lipinski definition) is 4. The highest BCUT2D eigenvalue weighted by atomic mass is 16.5. The molecule has 0 unspecified atom stereocenters. The number of ether oxygens (including phenoxy) is 1. The Balaban J connectivity index is 3.64. The van der Waals surface area contributed by atoms with E-state index in [1.54, 1.807) is 0 Å². The number of carbonyl (C=O) groups is 2. The normalized spacial score (nSPS) is 11.3. The van der Waals surface area contributed by atoms with Gasteiger partial charge < -0.3 is 14.7 Å². The summed E-state index contributed by atoms with van der Waals surface area (Å²) < 4.78 is 5.33. The minimum Gasteiger partial charge on any atom is -0.481 e. The molecule has 0 bridgehead atoms. The maximum absolute atomic E-state index is 11.9. The summed E-state index contributed by atoms with van der Waals surface area (Å²) in [6, 6.07) is 0. The number of esters is 1. The first-order valence-corrected chi connectivity index (χ1v) is 10.6. The van der Waals surface area contributed by atoms with Crippen LogP contribution < -0.4 is 0 Å². The Kier molecular flexibility index (Phi) is 16.6. The molecule has 154 valence electrons. The number of rotatable bonds is 18. The van der Waals surface area contributed by atoms with E-state index in [9.17, 15) is 9.59 Å². The fourth-order valence-corrected chi connectivity index (χ4v) is 2.96. The molecule has 0 saturated heterocycles. The number of hydrogen-bond donors (Lipinski definition) is 1. The van der Waals surface area contributed by atoms with Gasteiger partial charge in [-0.25, -0.2) is 0 Å². The summed E-state index contributed by atoms with van der Waals surface area (Å²) in [6.07, 6.45) is 10.4. The molecule has 0 saturated carbocycles. The van der Waals surface area contributed by atoms with E-state index >= 15 is 0 Å². The van der Waals surface area contributed by atoms with Crippen LogP contribution in [0, 0.1) is 5.92 Å². The first-order valence-electron chi connectivity index (χ1n) is 10.6. The van der Waals surface area contributed by atoms with Crippen LogP contribution in [0.1, 0.15) is 91.4 Å². The van der Waals surface area contributed by atoms with E-state index in [1.165, 1.54) is 25.7 Å². The Labute approximate surface area is 160 Å². The van der Waals surface area contributed by atoms with Gasteiger partial charge in [0.15, 0.2) is 0 Å². The Morgan fingerprint density at radius 3 is 2.23 bits per heavy atom. The summed E-state index contributed by atoms with van der Waals surface area (Å²) >= 11 is 0. The number of unbranched alkanes of at least 4 members (excludes halogenated alkanes) is 5. The van der Waals surface area contributed by atoms with Crippen LogP contribution in [0.4, 0.5) is 0 Å². The first kappa shape index (κ1) is 24.9. The number of aliphatic carboxylic acids is 1. The summed E-state index contributed by atoms with van der Waals surface area (Å²) in [6.45, 7) is 9.67. The summed E-state index contributed by atoms with van der Waals surface area (Å²) in [7, 11) is 0. The third-order valence-corrected chi connectivity index (χ3v) is 4.48. The molecule has 26 heavy (non-hydrogen) atoms. The van der Waals surface area contributed by atoms with Crippen LogP contribution in [0.15, 0.2) is 0 Å². The molecule has 0 aromatic heterocycles. The lowest BCUT2D eigenvalue weighted by Gasteiger charge is -2.21. The highest BCUT2D eigenvalue weighted by Gasteiger charge is 2.09. The highest BCUT2D eigenvalue weighted by Crippen LogP contribution is 2.10. The van der Waals surface area contributed by atoms with Crippen molar-refractivity contribution in [3.63, 3.8) is 0 Å². The van der Waals surface area contributed by atoms with Crippen LogP contribution in [0.25, 0.3) is 0 Å². The van der Waals surface area contributed by atoms with Crippen LogP contribution in [0.2, 0.25) is 0 Å². The topological polar surface area (TPSA) is 66.8 Å². The predicted molar refractivity (Wildman–Crippen MR) is 106 cm³/mol. The molecular weight excluding hydrogens is 330 g/mol. The minimum atomic E-state index is -0.740. The van der Waals surface area contributed by atoms with Crippen LogP contribution in [-0.4, -0.2) is 48.2 Å². The number of carbonyl (C=O) groups excluding carboxylic acids is 1. The van der Waals surface area contributed by atoms with E-state index in [-0.39, 0.29) is 12.4 Å². The van der Waals surface area contributed by atoms with Gasteiger partial charge in [-0.05, 0) is 44.7 Å². The molecule has 0 heterocycles. The first-order chi connectivity index (χ1) is 12.5. The zero-order valence-electron chi connectivity index (χ0n) is 17.3. The zero-order valence-corrected chi connectivity index (χ0v) is 17.3. The average molecular weight is 372 g/mol. The van der Waals surface area contributed by atoms with Gasteiger partial charge >= 0.3 is 11.9 Å². The molecule has 1 N–H and O–H groups in total. The minimum absolute atomic E-state index is 0.114. The smallest absolute Gasteiger partial charge is 0.307 e. The van der Waals surface area contributed by atoms with Gasteiger partial charge in [0.1, 0.15) is 0 Å². The zero-order chi connectivity index (χ0) is 19.6. The molecular formula is C21H41NO4. The Morgan fingerprint density at radius 2 is 1.58 bits per heavy atom. The monoisotopic (exact) mass is 371 g/mol. The molecule has 0 aliphatic rings. The van der Waals surface area contributed by atoms with E-state index in [2.05, 4.69) is 25.7 Å². The Hall–Kier alpha value is -1.10. The molecule has 0 fully saturated rings. The van der Waals surface area contributed by atoms with Gasteiger partial charge in [0.05, 0.1) is 13.0 Å². The van der Waals surface area contributed by atoms with Crippen molar-refractivity contribution >= 4 is 11.9 Å². The SMILES string of the molecule is CCCN(CCCCC(=O)O)CCC(=O)OCCCCCCCC(C)C. The Bertz CT molecular complexity index is 358. The average Bonchev–Trinajstić information content (AvgIpc) is 2.58. The van der Waals surface area contributed by atoms with Crippen LogP contribution >= 0.6 is 0 Å². The number of carboxylic acids is 1. The van der Waals surface area contributed by atoms with Gasteiger partial charge in [-0.2, -0.15) is 0 Å². The lowest BCUT2D eigenvalue weighted by Crippen LogP contribution is -2.29. The van der Waals surface area contributed by atoms with E-state index in [0.29, 0.717) is 26.0 Å². The maximum atomic E-state index is 11.9. The van der Waals surface area contributed by atoms with Crippen molar-refractivity contribution < 1.29 is 19.4 Å². The van der Waals surface area contributed by atoms with Gasteiger partial charge in [0.2, 0.25) is 0 Å². The van der Waals surface area contributed by atoms with Crippen LogP contribution in [-0.2, 0) is 14.3 Å².